The predicted molar refractivity (Wildman–Crippen MR) is 104 cm³/mol. The van der Waals surface area contributed by atoms with Gasteiger partial charge in [-0.15, -0.1) is 24.8 Å². The molecule has 0 aliphatic heterocycles. The van der Waals surface area contributed by atoms with Crippen LogP contribution in [-0.2, 0) is 6.54 Å². The first-order valence-corrected chi connectivity index (χ1v) is 7.64. The first-order chi connectivity index (χ1) is 10.8. The zero-order valence-corrected chi connectivity index (χ0v) is 14.7. The Hall–Kier alpha value is -1.88. The van der Waals surface area contributed by atoms with Gasteiger partial charge in [-0.3, -0.25) is 0 Å². The van der Waals surface area contributed by atoms with Crippen molar-refractivity contribution in [2.45, 2.75) is 25.4 Å². The topological polar surface area (TPSA) is 63.8 Å². The zero-order valence-electron chi connectivity index (χ0n) is 13.1. The molecule has 0 unspecified atom stereocenters. The summed E-state index contributed by atoms with van der Waals surface area (Å²) in [4.78, 5) is 8.78. The van der Waals surface area contributed by atoms with E-state index in [1.807, 2.05) is 12.1 Å². The van der Waals surface area contributed by atoms with E-state index in [0.717, 1.165) is 27.8 Å². The molecule has 0 bridgehead atoms. The van der Waals surface area contributed by atoms with Crippen molar-refractivity contribution in [3.63, 3.8) is 0 Å². The molecule has 0 spiro atoms. The van der Waals surface area contributed by atoms with Gasteiger partial charge in [0.05, 0.1) is 5.52 Å². The van der Waals surface area contributed by atoms with Gasteiger partial charge in [0, 0.05) is 18.0 Å². The fourth-order valence-corrected chi connectivity index (χ4v) is 2.65. The maximum Gasteiger partial charge on any atom is 0.137 e. The molecular weight excluding hydrogens is 343 g/mol. The van der Waals surface area contributed by atoms with Crippen LogP contribution >= 0.6 is 24.8 Å². The Morgan fingerprint density at radius 2 is 1.79 bits per heavy atom. The molecule has 3 aromatic rings. The number of hydrogen-bond acceptors (Lipinski definition) is 4. The normalized spacial score (nSPS) is 13.0. The van der Waals surface area contributed by atoms with Gasteiger partial charge in [-0.25, -0.2) is 9.97 Å². The van der Waals surface area contributed by atoms with Crippen LogP contribution in [0.4, 0.5) is 5.82 Å². The minimum Gasteiger partial charge on any atom is -0.367 e. The molecule has 1 saturated carbocycles. The summed E-state index contributed by atoms with van der Waals surface area (Å²) in [6, 6.07) is 15.2. The van der Waals surface area contributed by atoms with Gasteiger partial charge < -0.3 is 11.1 Å². The molecule has 2 aromatic carbocycles. The average Bonchev–Trinajstić information content (AvgIpc) is 3.39. The van der Waals surface area contributed by atoms with Gasteiger partial charge in [0.2, 0.25) is 0 Å². The molecule has 6 heteroatoms. The Morgan fingerprint density at radius 3 is 2.54 bits per heavy atom. The third-order valence-electron chi connectivity index (χ3n) is 4.05. The molecule has 1 heterocycles. The van der Waals surface area contributed by atoms with Crippen molar-refractivity contribution in [3.05, 3.63) is 54.4 Å². The van der Waals surface area contributed by atoms with E-state index >= 15 is 0 Å². The summed E-state index contributed by atoms with van der Waals surface area (Å²) in [6.45, 7) is 0.555. The van der Waals surface area contributed by atoms with E-state index in [-0.39, 0.29) is 24.8 Å². The van der Waals surface area contributed by atoms with E-state index in [1.165, 1.54) is 18.4 Å². The van der Waals surface area contributed by atoms with Crippen LogP contribution in [0.1, 0.15) is 18.4 Å². The molecule has 24 heavy (non-hydrogen) atoms. The van der Waals surface area contributed by atoms with Crippen LogP contribution in [0.5, 0.6) is 0 Å². The van der Waals surface area contributed by atoms with Gasteiger partial charge in [-0.05, 0) is 47.7 Å². The summed E-state index contributed by atoms with van der Waals surface area (Å²) in [5.74, 6) is 0.935. The second kappa shape index (κ2) is 7.79. The van der Waals surface area contributed by atoms with Crippen molar-refractivity contribution in [2.75, 3.05) is 5.32 Å². The molecule has 1 aromatic heterocycles. The fourth-order valence-electron chi connectivity index (χ4n) is 2.65. The molecule has 0 atom stereocenters. The Kier molecular flexibility index (Phi) is 5.99. The number of nitrogens with one attached hydrogen (secondary N) is 1. The average molecular weight is 363 g/mol. The SMILES string of the molecule is Cl.Cl.NCc1cccc(-c2ccc3ncnc(NC4CC4)c3c2)c1. The third-order valence-corrected chi connectivity index (χ3v) is 4.05. The lowest BCUT2D eigenvalue weighted by molar-refractivity contribution is 1.07. The number of nitrogens with two attached hydrogens (primary N) is 1. The monoisotopic (exact) mass is 362 g/mol. The lowest BCUT2D eigenvalue weighted by Crippen LogP contribution is -2.04. The lowest BCUT2D eigenvalue weighted by atomic mass is 10.0. The molecule has 4 nitrogen and oxygen atoms in total. The van der Waals surface area contributed by atoms with Crippen LogP contribution in [0.15, 0.2) is 48.8 Å². The van der Waals surface area contributed by atoms with E-state index in [4.69, 9.17) is 5.73 Å². The van der Waals surface area contributed by atoms with Gasteiger partial charge in [-0.1, -0.05) is 24.3 Å². The fraction of sp³-hybridized carbons (Fsp3) is 0.222. The highest BCUT2D eigenvalue weighted by molar-refractivity contribution is 5.92. The summed E-state index contributed by atoms with van der Waals surface area (Å²) in [6.07, 6.45) is 4.08. The van der Waals surface area contributed by atoms with Crippen molar-refractivity contribution < 1.29 is 0 Å². The number of halogens is 2. The largest absolute Gasteiger partial charge is 0.367 e. The van der Waals surface area contributed by atoms with E-state index in [1.54, 1.807) is 6.33 Å². The van der Waals surface area contributed by atoms with Crippen molar-refractivity contribution in [1.82, 2.24) is 9.97 Å². The Balaban J connectivity index is 0.00000104. The lowest BCUT2D eigenvalue weighted by Gasteiger charge is -2.09. The molecule has 0 amide bonds. The molecule has 126 valence electrons. The van der Waals surface area contributed by atoms with Crippen LogP contribution in [0.25, 0.3) is 22.0 Å². The smallest absolute Gasteiger partial charge is 0.137 e. The number of hydrogen-bond donors (Lipinski definition) is 2. The van der Waals surface area contributed by atoms with Gasteiger partial charge in [0.1, 0.15) is 12.1 Å². The van der Waals surface area contributed by atoms with Crippen LogP contribution in [-0.4, -0.2) is 16.0 Å². The van der Waals surface area contributed by atoms with Crippen molar-refractivity contribution >= 4 is 41.5 Å². The number of fused-ring (bicyclic) bond motifs is 1. The minimum atomic E-state index is 0. The van der Waals surface area contributed by atoms with E-state index in [9.17, 15) is 0 Å². The Bertz CT molecular complexity index is 834. The molecule has 1 aliphatic carbocycles. The molecule has 3 N–H and O–H groups in total. The van der Waals surface area contributed by atoms with Crippen LogP contribution in [0, 0.1) is 0 Å². The van der Waals surface area contributed by atoms with Crippen LogP contribution < -0.4 is 11.1 Å². The van der Waals surface area contributed by atoms with Gasteiger partial charge in [0.15, 0.2) is 0 Å². The first-order valence-electron chi connectivity index (χ1n) is 7.64. The summed E-state index contributed by atoms with van der Waals surface area (Å²) >= 11 is 0. The summed E-state index contributed by atoms with van der Waals surface area (Å²) < 4.78 is 0. The highest BCUT2D eigenvalue weighted by Crippen LogP contribution is 2.30. The zero-order chi connectivity index (χ0) is 14.9. The second-order valence-electron chi connectivity index (χ2n) is 5.78. The summed E-state index contributed by atoms with van der Waals surface area (Å²) in [5.41, 5.74) is 10.2. The first kappa shape index (κ1) is 18.5. The predicted octanol–water partition coefficient (Wildman–Crippen LogP) is 4.17. The summed E-state index contributed by atoms with van der Waals surface area (Å²) in [7, 11) is 0. The van der Waals surface area contributed by atoms with Gasteiger partial charge >= 0.3 is 0 Å². The quantitative estimate of drug-likeness (QED) is 0.730. The third kappa shape index (κ3) is 3.78. The molecular formula is C18H20Cl2N4. The van der Waals surface area contributed by atoms with Crippen molar-refractivity contribution in [2.24, 2.45) is 5.73 Å². The standard InChI is InChI=1S/C18H18N4.2ClH/c19-10-12-2-1-3-13(8-12)14-4-7-17-16(9-14)18(21-11-20-17)22-15-5-6-15;;/h1-4,7-9,11,15H,5-6,10,19H2,(H,20,21,22);2*1H. The maximum absolute atomic E-state index is 5.74. The highest BCUT2D eigenvalue weighted by Gasteiger charge is 2.22. The van der Waals surface area contributed by atoms with Gasteiger partial charge in [-0.2, -0.15) is 0 Å². The van der Waals surface area contributed by atoms with Crippen LogP contribution in [0.2, 0.25) is 0 Å². The number of benzene rings is 2. The minimum absolute atomic E-state index is 0. The molecule has 4 rings (SSSR count). The summed E-state index contributed by atoms with van der Waals surface area (Å²) in [5, 5.41) is 4.56. The van der Waals surface area contributed by atoms with Crippen molar-refractivity contribution in [3.8, 4) is 11.1 Å². The van der Waals surface area contributed by atoms with Gasteiger partial charge in [0.25, 0.3) is 0 Å². The van der Waals surface area contributed by atoms with Crippen LogP contribution in [0.3, 0.4) is 0 Å². The Morgan fingerprint density at radius 1 is 1.00 bits per heavy atom. The number of anilines is 1. The maximum atomic E-state index is 5.74. The molecule has 0 saturated heterocycles. The van der Waals surface area contributed by atoms with E-state index in [2.05, 4.69) is 45.6 Å². The second-order valence-corrected chi connectivity index (χ2v) is 5.78. The Labute approximate surface area is 153 Å². The molecule has 1 fully saturated rings. The van der Waals surface area contributed by atoms with E-state index < -0.39 is 0 Å². The number of rotatable bonds is 4. The molecule has 0 radical (unpaired) electrons. The number of aromatic nitrogens is 2. The number of nitrogens with zero attached hydrogens (tertiary/aromatic N) is 2. The highest BCUT2D eigenvalue weighted by atomic mass is 35.5. The van der Waals surface area contributed by atoms with E-state index in [0.29, 0.717) is 12.6 Å². The van der Waals surface area contributed by atoms with Crippen molar-refractivity contribution in [1.29, 1.82) is 0 Å². The molecule has 1 aliphatic rings.